The van der Waals surface area contributed by atoms with Crippen LogP contribution in [0.15, 0.2) is 41.3 Å². The van der Waals surface area contributed by atoms with E-state index < -0.39 is 21.7 Å². The number of benzene rings is 2. The Morgan fingerprint density at radius 1 is 1.05 bits per heavy atom. The lowest BCUT2D eigenvalue weighted by Crippen LogP contribution is -2.15. The van der Waals surface area contributed by atoms with E-state index in [0.29, 0.717) is 0 Å². The first-order valence-corrected chi connectivity index (χ1v) is 7.18. The van der Waals surface area contributed by atoms with Crippen LogP contribution in [0.1, 0.15) is 0 Å². The monoisotopic (exact) mass is 318 g/mol. The summed E-state index contributed by atoms with van der Waals surface area (Å²) in [6.45, 7) is 0. The molecule has 8 heteroatoms. The van der Waals surface area contributed by atoms with Gasteiger partial charge in [0.15, 0.2) is 0 Å². The van der Waals surface area contributed by atoms with Gasteiger partial charge in [0, 0.05) is 0 Å². The summed E-state index contributed by atoms with van der Waals surface area (Å²) in [6, 6.07) is 6.08. The minimum atomic E-state index is -4.09. The minimum absolute atomic E-state index is 0.0238. The molecular formula is C12H9ClF2N2O2S. The highest BCUT2D eigenvalue weighted by molar-refractivity contribution is 7.92. The number of anilines is 2. The van der Waals surface area contributed by atoms with Crippen LogP contribution >= 0.6 is 11.6 Å². The molecule has 0 amide bonds. The van der Waals surface area contributed by atoms with Gasteiger partial charge >= 0.3 is 0 Å². The van der Waals surface area contributed by atoms with Crippen molar-refractivity contribution in [2.75, 3.05) is 10.5 Å². The first kappa shape index (κ1) is 14.5. The Hall–Kier alpha value is -1.86. The summed E-state index contributed by atoms with van der Waals surface area (Å²) in [5.41, 5.74) is 5.07. The van der Waals surface area contributed by atoms with Crippen LogP contribution in [0.4, 0.5) is 20.2 Å². The zero-order chi connectivity index (χ0) is 14.9. The average molecular weight is 319 g/mol. The van der Waals surface area contributed by atoms with Gasteiger partial charge in [-0.15, -0.1) is 0 Å². The maximum absolute atomic E-state index is 13.1. The van der Waals surface area contributed by atoms with Crippen molar-refractivity contribution in [3.8, 4) is 0 Å². The molecule has 2 aromatic carbocycles. The van der Waals surface area contributed by atoms with Gasteiger partial charge in [-0.1, -0.05) is 11.6 Å². The summed E-state index contributed by atoms with van der Waals surface area (Å²) in [5, 5.41) is 0.0238. The van der Waals surface area contributed by atoms with Crippen molar-refractivity contribution < 1.29 is 17.2 Å². The van der Waals surface area contributed by atoms with E-state index in [9.17, 15) is 17.2 Å². The van der Waals surface area contributed by atoms with Crippen molar-refractivity contribution in [1.29, 1.82) is 0 Å². The molecule has 0 spiro atoms. The Morgan fingerprint density at radius 3 is 2.30 bits per heavy atom. The third-order valence-electron chi connectivity index (χ3n) is 2.43. The Balaban J connectivity index is 2.43. The molecular weight excluding hydrogens is 310 g/mol. The Morgan fingerprint density at radius 2 is 1.65 bits per heavy atom. The molecule has 0 saturated carbocycles. The topological polar surface area (TPSA) is 72.2 Å². The molecule has 0 aromatic heterocycles. The maximum Gasteiger partial charge on any atom is 0.263 e. The second-order valence-corrected chi connectivity index (χ2v) is 5.97. The number of halogens is 3. The highest BCUT2D eigenvalue weighted by Crippen LogP contribution is 2.27. The molecule has 0 saturated heterocycles. The molecule has 0 heterocycles. The van der Waals surface area contributed by atoms with E-state index in [1.165, 1.54) is 6.07 Å². The van der Waals surface area contributed by atoms with Crippen LogP contribution in [0.5, 0.6) is 0 Å². The fourth-order valence-corrected chi connectivity index (χ4v) is 2.95. The van der Waals surface area contributed by atoms with Gasteiger partial charge in [0.1, 0.15) is 16.5 Å². The highest BCUT2D eigenvalue weighted by Gasteiger charge is 2.19. The average Bonchev–Trinajstić information content (AvgIpc) is 2.33. The molecule has 0 fully saturated rings. The van der Waals surface area contributed by atoms with Gasteiger partial charge in [0.2, 0.25) is 0 Å². The van der Waals surface area contributed by atoms with E-state index in [2.05, 4.69) is 4.72 Å². The second kappa shape index (κ2) is 5.26. The van der Waals surface area contributed by atoms with E-state index in [1.54, 1.807) is 0 Å². The number of nitrogens with two attached hydrogens (primary N) is 1. The van der Waals surface area contributed by atoms with Crippen LogP contribution < -0.4 is 10.5 Å². The second-order valence-electron chi connectivity index (χ2n) is 3.91. The molecule has 0 atom stereocenters. The number of sulfonamides is 1. The van der Waals surface area contributed by atoms with Crippen molar-refractivity contribution in [3.63, 3.8) is 0 Å². The predicted octanol–water partition coefficient (Wildman–Crippen LogP) is 3.00. The number of rotatable bonds is 3. The molecule has 106 valence electrons. The molecule has 2 rings (SSSR count). The van der Waals surface area contributed by atoms with Crippen molar-refractivity contribution >= 4 is 33.0 Å². The molecule has 20 heavy (non-hydrogen) atoms. The Bertz CT molecular complexity index is 766. The molecule has 0 aliphatic heterocycles. The summed E-state index contributed by atoms with van der Waals surface area (Å²) in [4.78, 5) is -0.320. The molecule has 2 aromatic rings. The van der Waals surface area contributed by atoms with Gasteiger partial charge < -0.3 is 5.73 Å². The van der Waals surface area contributed by atoms with E-state index in [4.69, 9.17) is 17.3 Å². The minimum Gasteiger partial charge on any atom is -0.398 e. The third kappa shape index (κ3) is 3.00. The van der Waals surface area contributed by atoms with Crippen LogP contribution in [-0.4, -0.2) is 8.42 Å². The van der Waals surface area contributed by atoms with Gasteiger partial charge in [-0.05, 0) is 36.4 Å². The van der Waals surface area contributed by atoms with Crippen LogP contribution in [0.2, 0.25) is 5.02 Å². The van der Waals surface area contributed by atoms with Gasteiger partial charge in [-0.25, -0.2) is 17.2 Å². The Labute approximate surface area is 119 Å². The fraction of sp³-hybridized carbons (Fsp3) is 0. The zero-order valence-electron chi connectivity index (χ0n) is 9.90. The molecule has 3 N–H and O–H groups in total. The highest BCUT2D eigenvalue weighted by atomic mass is 35.5. The lowest BCUT2D eigenvalue weighted by atomic mass is 10.3. The van der Waals surface area contributed by atoms with Crippen LogP contribution in [0.3, 0.4) is 0 Å². The van der Waals surface area contributed by atoms with Gasteiger partial charge in [-0.3, -0.25) is 4.72 Å². The first-order chi connectivity index (χ1) is 9.29. The largest absolute Gasteiger partial charge is 0.398 e. The van der Waals surface area contributed by atoms with E-state index in [-0.39, 0.29) is 21.3 Å². The lowest BCUT2D eigenvalue weighted by molar-refractivity contribution is 0.600. The van der Waals surface area contributed by atoms with Crippen molar-refractivity contribution in [3.05, 3.63) is 53.1 Å². The van der Waals surface area contributed by atoms with Gasteiger partial charge in [-0.2, -0.15) is 0 Å². The molecule has 0 aliphatic rings. The fourth-order valence-electron chi connectivity index (χ4n) is 1.54. The van der Waals surface area contributed by atoms with Crippen molar-refractivity contribution in [1.82, 2.24) is 0 Å². The smallest absolute Gasteiger partial charge is 0.263 e. The summed E-state index contributed by atoms with van der Waals surface area (Å²) in [7, 11) is -4.09. The quantitative estimate of drug-likeness (QED) is 0.854. The molecule has 0 aliphatic carbocycles. The normalized spacial score (nSPS) is 11.3. The predicted molar refractivity (Wildman–Crippen MR) is 73.0 cm³/mol. The van der Waals surface area contributed by atoms with Crippen molar-refractivity contribution in [2.45, 2.75) is 4.90 Å². The number of hydrogen-bond donors (Lipinski definition) is 2. The first-order valence-electron chi connectivity index (χ1n) is 5.32. The van der Waals surface area contributed by atoms with Crippen LogP contribution in [0.25, 0.3) is 0 Å². The third-order valence-corrected chi connectivity index (χ3v) is 4.20. The lowest BCUT2D eigenvalue weighted by Gasteiger charge is -2.11. The van der Waals surface area contributed by atoms with Crippen LogP contribution in [0, 0.1) is 11.6 Å². The standard InChI is InChI=1S/C12H9ClF2N2O2S/c13-9-3-1-8(15)6-11(9)17-20(18,19)12-4-2-7(14)5-10(12)16/h1-6,17H,16H2. The SMILES string of the molecule is Nc1cc(F)ccc1S(=O)(=O)Nc1cc(F)ccc1Cl. The summed E-state index contributed by atoms with van der Waals surface area (Å²) < 4.78 is 52.3. The maximum atomic E-state index is 13.1. The Kier molecular flexibility index (Phi) is 3.82. The van der Waals surface area contributed by atoms with E-state index >= 15 is 0 Å². The summed E-state index contributed by atoms with van der Waals surface area (Å²) in [5.74, 6) is -1.32. The molecule has 0 bridgehead atoms. The number of nitrogens with one attached hydrogen (secondary N) is 1. The van der Waals surface area contributed by atoms with Crippen molar-refractivity contribution in [2.24, 2.45) is 0 Å². The summed E-state index contributed by atoms with van der Waals surface area (Å²) >= 11 is 5.77. The summed E-state index contributed by atoms with van der Waals surface area (Å²) in [6.07, 6.45) is 0. The molecule has 0 radical (unpaired) electrons. The van der Waals surface area contributed by atoms with E-state index in [0.717, 1.165) is 30.3 Å². The van der Waals surface area contributed by atoms with E-state index in [1.807, 2.05) is 0 Å². The molecule has 4 nitrogen and oxygen atoms in total. The number of nitrogen functional groups attached to an aromatic ring is 1. The zero-order valence-corrected chi connectivity index (χ0v) is 11.5. The van der Waals surface area contributed by atoms with Gasteiger partial charge in [0.25, 0.3) is 10.0 Å². The van der Waals surface area contributed by atoms with Crippen LogP contribution in [-0.2, 0) is 10.0 Å². The van der Waals surface area contributed by atoms with Gasteiger partial charge in [0.05, 0.1) is 16.4 Å². The molecule has 0 unspecified atom stereocenters. The number of hydrogen-bond acceptors (Lipinski definition) is 3.